The summed E-state index contributed by atoms with van der Waals surface area (Å²) in [5, 5.41) is 0. The molecule has 2 rings (SSSR count). The maximum atomic E-state index is 6.18. The molecule has 0 aliphatic carbocycles. The lowest BCUT2D eigenvalue weighted by Crippen LogP contribution is -2.32. The second-order valence-corrected chi connectivity index (χ2v) is 5.91. The topological polar surface area (TPSA) is 18.5 Å². The zero-order valence-electron chi connectivity index (χ0n) is 12.5. The van der Waals surface area contributed by atoms with Gasteiger partial charge < -0.3 is 9.47 Å². The van der Waals surface area contributed by atoms with Crippen LogP contribution >= 0.6 is 0 Å². The van der Waals surface area contributed by atoms with Crippen LogP contribution in [-0.2, 0) is 16.1 Å². The van der Waals surface area contributed by atoms with Crippen molar-refractivity contribution in [3.05, 3.63) is 35.9 Å². The predicted octanol–water partition coefficient (Wildman–Crippen LogP) is 4.04. The highest BCUT2D eigenvalue weighted by Crippen LogP contribution is 2.35. The monoisotopic (exact) mass is 262 g/mol. The second kappa shape index (κ2) is 6.53. The summed E-state index contributed by atoms with van der Waals surface area (Å²) < 4.78 is 12.3. The van der Waals surface area contributed by atoms with Gasteiger partial charge in [-0.05, 0) is 17.9 Å². The molecule has 1 aliphatic rings. The molecule has 0 amide bonds. The van der Waals surface area contributed by atoms with E-state index >= 15 is 0 Å². The van der Waals surface area contributed by atoms with Crippen LogP contribution in [0.4, 0.5) is 0 Å². The first-order chi connectivity index (χ1) is 9.13. The Labute approximate surface area is 117 Å². The molecule has 106 valence electrons. The Bertz CT molecular complexity index is 374. The standard InChI is InChI=1S/C17H26O2/c1-5-15-13(4)17(16(19-15)12(2)3)18-11-14-9-7-6-8-10-14/h6-10,12-13,15-17H,5,11H2,1-4H3/t13?,15-,16+,17+/m1/s1. The van der Waals surface area contributed by atoms with Crippen LogP contribution < -0.4 is 0 Å². The molecule has 1 heterocycles. The maximum absolute atomic E-state index is 6.18. The van der Waals surface area contributed by atoms with Crippen molar-refractivity contribution in [2.24, 2.45) is 11.8 Å². The van der Waals surface area contributed by atoms with E-state index in [0.717, 1.165) is 6.42 Å². The molecule has 0 saturated carbocycles. The van der Waals surface area contributed by atoms with Crippen LogP contribution in [0.1, 0.15) is 39.7 Å². The summed E-state index contributed by atoms with van der Waals surface area (Å²) in [5.74, 6) is 0.973. The van der Waals surface area contributed by atoms with Crippen LogP contribution in [0.25, 0.3) is 0 Å². The minimum absolute atomic E-state index is 0.213. The molecular formula is C17H26O2. The molecule has 0 bridgehead atoms. The van der Waals surface area contributed by atoms with Crippen molar-refractivity contribution in [2.75, 3.05) is 0 Å². The first kappa shape index (κ1) is 14.5. The third kappa shape index (κ3) is 3.37. The van der Waals surface area contributed by atoms with Gasteiger partial charge in [0, 0.05) is 5.92 Å². The van der Waals surface area contributed by atoms with Gasteiger partial charge >= 0.3 is 0 Å². The minimum atomic E-state index is 0.213. The lowest BCUT2D eigenvalue weighted by atomic mass is 9.92. The van der Waals surface area contributed by atoms with Gasteiger partial charge in [0.1, 0.15) is 0 Å². The van der Waals surface area contributed by atoms with Gasteiger partial charge in [-0.1, -0.05) is 58.0 Å². The van der Waals surface area contributed by atoms with Crippen molar-refractivity contribution in [3.63, 3.8) is 0 Å². The van der Waals surface area contributed by atoms with E-state index in [1.54, 1.807) is 0 Å². The summed E-state index contributed by atoms with van der Waals surface area (Å²) in [6.07, 6.45) is 1.84. The number of ether oxygens (including phenoxy) is 2. The Morgan fingerprint density at radius 2 is 1.89 bits per heavy atom. The zero-order valence-corrected chi connectivity index (χ0v) is 12.5. The third-order valence-electron chi connectivity index (χ3n) is 4.11. The Hall–Kier alpha value is -0.860. The summed E-state index contributed by atoms with van der Waals surface area (Å²) >= 11 is 0. The number of rotatable bonds is 5. The van der Waals surface area contributed by atoms with Gasteiger partial charge in [0.25, 0.3) is 0 Å². The molecular weight excluding hydrogens is 236 g/mol. The van der Waals surface area contributed by atoms with Crippen molar-refractivity contribution >= 4 is 0 Å². The van der Waals surface area contributed by atoms with Crippen LogP contribution in [0.2, 0.25) is 0 Å². The van der Waals surface area contributed by atoms with E-state index in [2.05, 4.69) is 52.0 Å². The maximum Gasteiger partial charge on any atom is 0.0894 e. The number of hydrogen-bond donors (Lipinski definition) is 0. The first-order valence-electron chi connectivity index (χ1n) is 7.44. The molecule has 2 heteroatoms. The smallest absolute Gasteiger partial charge is 0.0894 e. The van der Waals surface area contributed by atoms with Crippen molar-refractivity contribution in [3.8, 4) is 0 Å². The van der Waals surface area contributed by atoms with Crippen LogP contribution in [0, 0.1) is 11.8 Å². The van der Waals surface area contributed by atoms with Crippen LogP contribution in [0.3, 0.4) is 0 Å². The molecule has 4 atom stereocenters. The summed E-state index contributed by atoms with van der Waals surface area (Å²) in [4.78, 5) is 0. The van der Waals surface area contributed by atoms with Gasteiger partial charge in [0.2, 0.25) is 0 Å². The van der Waals surface area contributed by atoms with E-state index in [-0.39, 0.29) is 12.2 Å². The van der Waals surface area contributed by atoms with Gasteiger partial charge in [-0.25, -0.2) is 0 Å². The Morgan fingerprint density at radius 3 is 2.47 bits per heavy atom. The fourth-order valence-electron chi connectivity index (χ4n) is 2.93. The average molecular weight is 262 g/mol. The van der Waals surface area contributed by atoms with Crippen molar-refractivity contribution in [2.45, 2.75) is 59.0 Å². The Kier molecular flexibility index (Phi) is 5.00. The highest BCUT2D eigenvalue weighted by Gasteiger charge is 2.42. The third-order valence-corrected chi connectivity index (χ3v) is 4.11. The van der Waals surface area contributed by atoms with Gasteiger partial charge in [0.15, 0.2) is 0 Å². The molecule has 1 aromatic carbocycles. The highest BCUT2D eigenvalue weighted by molar-refractivity contribution is 5.13. The molecule has 1 fully saturated rings. The van der Waals surface area contributed by atoms with Crippen molar-refractivity contribution < 1.29 is 9.47 Å². The Balaban J connectivity index is 2.00. The van der Waals surface area contributed by atoms with Gasteiger partial charge in [-0.2, -0.15) is 0 Å². The lowest BCUT2D eigenvalue weighted by molar-refractivity contribution is -0.0520. The highest BCUT2D eigenvalue weighted by atomic mass is 16.6. The summed E-state index contributed by atoms with van der Waals surface area (Å²) in [7, 11) is 0. The van der Waals surface area contributed by atoms with Crippen LogP contribution in [-0.4, -0.2) is 18.3 Å². The molecule has 2 nitrogen and oxygen atoms in total. The first-order valence-corrected chi connectivity index (χ1v) is 7.44. The van der Waals surface area contributed by atoms with E-state index < -0.39 is 0 Å². The summed E-state index contributed by atoms with van der Waals surface area (Å²) in [6.45, 7) is 9.56. The van der Waals surface area contributed by atoms with Crippen molar-refractivity contribution in [1.29, 1.82) is 0 Å². The number of hydrogen-bond acceptors (Lipinski definition) is 2. The van der Waals surface area contributed by atoms with Crippen LogP contribution in [0.5, 0.6) is 0 Å². The van der Waals surface area contributed by atoms with Gasteiger partial charge in [0.05, 0.1) is 24.9 Å². The van der Waals surface area contributed by atoms with E-state index in [1.165, 1.54) is 5.56 Å². The molecule has 1 aliphatic heterocycles. The average Bonchev–Trinajstić information content (AvgIpc) is 2.74. The molecule has 1 aromatic rings. The van der Waals surface area contributed by atoms with Crippen LogP contribution in [0.15, 0.2) is 30.3 Å². The molecule has 19 heavy (non-hydrogen) atoms. The Morgan fingerprint density at radius 1 is 1.21 bits per heavy atom. The van der Waals surface area contributed by atoms with Gasteiger partial charge in [-0.15, -0.1) is 0 Å². The van der Waals surface area contributed by atoms with E-state index in [0.29, 0.717) is 24.5 Å². The minimum Gasteiger partial charge on any atom is -0.372 e. The molecule has 1 saturated heterocycles. The molecule has 1 unspecified atom stereocenters. The van der Waals surface area contributed by atoms with E-state index in [9.17, 15) is 0 Å². The van der Waals surface area contributed by atoms with Crippen molar-refractivity contribution in [1.82, 2.24) is 0 Å². The zero-order chi connectivity index (χ0) is 13.8. The summed E-state index contributed by atoms with van der Waals surface area (Å²) in [5.41, 5.74) is 1.23. The summed E-state index contributed by atoms with van der Waals surface area (Å²) in [6, 6.07) is 10.4. The fourth-order valence-corrected chi connectivity index (χ4v) is 2.93. The van der Waals surface area contributed by atoms with Gasteiger partial charge in [-0.3, -0.25) is 0 Å². The second-order valence-electron chi connectivity index (χ2n) is 5.91. The molecule has 0 aromatic heterocycles. The van der Waals surface area contributed by atoms with E-state index in [1.807, 2.05) is 6.07 Å². The van der Waals surface area contributed by atoms with E-state index in [4.69, 9.17) is 9.47 Å². The molecule has 0 N–H and O–H groups in total. The quantitative estimate of drug-likeness (QED) is 0.797. The fraction of sp³-hybridized carbons (Fsp3) is 0.647. The number of benzene rings is 1. The molecule has 0 spiro atoms. The largest absolute Gasteiger partial charge is 0.372 e. The molecule has 0 radical (unpaired) electrons. The predicted molar refractivity (Wildman–Crippen MR) is 78.0 cm³/mol. The SMILES string of the molecule is CC[C@H]1O[C@@H](C(C)C)[C@@H](OCc2ccccc2)C1C. The lowest BCUT2D eigenvalue weighted by Gasteiger charge is -2.24. The normalized spacial score (nSPS) is 31.0.